The lowest BCUT2D eigenvalue weighted by atomic mass is 9.57. The number of nitrogens with zero attached hydrogens (tertiary/aromatic N) is 2. The zero-order valence-corrected chi connectivity index (χ0v) is 16.0. The van der Waals surface area contributed by atoms with Crippen LogP contribution in [0.5, 0.6) is 0 Å². The molecule has 3 unspecified atom stereocenters. The summed E-state index contributed by atoms with van der Waals surface area (Å²) in [5, 5.41) is 7.13. The molecule has 1 aliphatic carbocycles. The highest BCUT2D eigenvalue weighted by atomic mass is 16.5. The van der Waals surface area contributed by atoms with Gasteiger partial charge in [0.15, 0.2) is 5.96 Å². The van der Waals surface area contributed by atoms with Crippen LogP contribution in [0.15, 0.2) is 41.4 Å². The van der Waals surface area contributed by atoms with Crippen molar-refractivity contribution in [3.05, 3.63) is 42.0 Å². The molecule has 1 aromatic carbocycles. The normalized spacial score (nSPS) is 29.4. The lowest BCUT2D eigenvalue weighted by Crippen LogP contribution is -2.67. The van der Waals surface area contributed by atoms with Crippen molar-refractivity contribution in [3.8, 4) is 0 Å². The molecule has 2 fully saturated rings. The summed E-state index contributed by atoms with van der Waals surface area (Å²) in [6.45, 7) is 8.24. The second-order valence-corrected chi connectivity index (χ2v) is 8.16. The van der Waals surface area contributed by atoms with E-state index < -0.39 is 0 Å². The van der Waals surface area contributed by atoms with Crippen LogP contribution < -0.4 is 15.5 Å². The summed E-state index contributed by atoms with van der Waals surface area (Å²) < 4.78 is 5.89. The summed E-state index contributed by atoms with van der Waals surface area (Å²) >= 11 is 0. The van der Waals surface area contributed by atoms with Crippen LogP contribution in [-0.2, 0) is 11.3 Å². The summed E-state index contributed by atoms with van der Waals surface area (Å²) in [6, 6.07) is 9.17. The standard InChI is InChI=1S/C21H30N4O/c1-21(2)18(17-9-12-26-19(17)21)24-20(22-3)23-14-15-7-6-8-16(13-15)25-10-4-5-11-25/h4-8,13,17-19H,9-12,14H2,1-3H3,(H2,22,23,24). The van der Waals surface area contributed by atoms with E-state index in [1.54, 1.807) is 0 Å². The Labute approximate surface area is 156 Å². The SMILES string of the molecule is CN=C(NCc1cccc(N2CC=CC2)c1)NC1C2CCOC2C1(C)C. The van der Waals surface area contributed by atoms with Crippen LogP contribution in [0, 0.1) is 11.3 Å². The van der Waals surface area contributed by atoms with Crippen LogP contribution in [0.1, 0.15) is 25.8 Å². The number of fused-ring (bicyclic) bond motifs is 1. The molecule has 0 bridgehead atoms. The number of hydrogen-bond donors (Lipinski definition) is 2. The number of benzene rings is 1. The van der Waals surface area contributed by atoms with E-state index in [1.165, 1.54) is 11.3 Å². The second-order valence-electron chi connectivity index (χ2n) is 8.16. The zero-order valence-electron chi connectivity index (χ0n) is 16.0. The highest BCUT2D eigenvalue weighted by Gasteiger charge is 2.59. The average molecular weight is 354 g/mol. The van der Waals surface area contributed by atoms with Gasteiger partial charge >= 0.3 is 0 Å². The first-order valence-electron chi connectivity index (χ1n) is 9.67. The van der Waals surface area contributed by atoms with E-state index in [1.807, 2.05) is 7.05 Å². The van der Waals surface area contributed by atoms with Gasteiger partial charge in [-0.1, -0.05) is 38.1 Å². The molecule has 3 aliphatic rings. The first-order valence-corrected chi connectivity index (χ1v) is 9.67. The third-order valence-electron chi connectivity index (χ3n) is 6.17. The summed E-state index contributed by atoms with van der Waals surface area (Å²) in [7, 11) is 1.84. The maximum absolute atomic E-state index is 5.89. The molecule has 1 saturated heterocycles. The van der Waals surface area contributed by atoms with Gasteiger partial charge in [0.25, 0.3) is 0 Å². The van der Waals surface area contributed by atoms with Crippen molar-refractivity contribution in [1.29, 1.82) is 0 Å². The van der Waals surface area contributed by atoms with Crippen LogP contribution in [0.3, 0.4) is 0 Å². The lowest BCUT2D eigenvalue weighted by molar-refractivity contribution is -0.106. The second kappa shape index (κ2) is 6.95. The van der Waals surface area contributed by atoms with Gasteiger partial charge in [0.05, 0.1) is 6.10 Å². The summed E-state index contributed by atoms with van der Waals surface area (Å²) in [6.07, 6.45) is 5.98. The van der Waals surface area contributed by atoms with Crippen LogP contribution >= 0.6 is 0 Å². The zero-order chi connectivity index (χ0) is 18.1. The fourth-order valence-electron chi connectivity index (χ4n) is 4.70. The average Bonchev–Trinajstić information content (AvgIpc) is 3.33. The predicted octanol–water partition coefficient (Wildman–Crippen LogP) is 2.54. The molecule has 2 N–H and O–H groups in total. The van der Waals surface area contributed by atoms with Gasteiger partial charge in [0, 0.05) is 56.4 Å². The first-order chi connectivity index (χ1) is 12.6. The fraction of sp³-hybridized carbons (Fsp3) is 0.571. The maximum Gasteiger partial charge on any atom is 0.191 e. The van der Waals surface area contributed by atoms with E-state index >= 15 is 0 Å². The molecule has 1 aromatic rings. The van der Waals surface area contributed by atoms with Crippen LogP contribution in [0.25, 0.3) is 0 Å². The lowest BCUT2D eigenvalue weighted by Gasteiger charge is -2.54. The number of aliphatic imine (C=N–C) groups is 1. The summed E-state index contributed by atoms with van der Waals surface area (Å²) in [5.74, 6) is 1.48. The van der Waals surface area contributed by atoms with E-state index in [2.05, 4.69) is 70.8 Å². The van der Waals surface area contributed by atoms with E-state index in [0.717, 1.165) is 38.6 Å². The Bertz CT molecular complexity index is 704. The Morgan fingerprint density at radius 2 is 2.12 bits per heavy atom. The monoisotopic (exact) mass is 354 g/mol. The third kappa shape index (κ3) is 3.09. The Morgan fingerprint density at radius 1 is 1.31 bits per heavy atom. The van der Waals surface area contributed by atoms with Crippen molar-refractivity contribution in [2.24, 2.45) is 16.3 Å². The molecule has 2 heterocycles. The largest absolute Gasteiger partial charge is 0.377 e. The maximum atomic E-state index is 5.89. The molecule has 0 spiro atoms. The molecular formula is C21H30N4O. The smallest absolute Gasteiger partial charge is 0.191 e. The van der Waals surface area contributed by atoms with Crippen molar-refractivity contribution in [2.45, 2.75) is 39.0 Å². The van der Waals surface area contributed by atoms with Crippen molar-refractivity contribution in [3.63, 3.8) is 0 Å². The predicted molar refractivity (Wildman–Crippen MR) is 107 cm³/mol. The minimum atomic E-state index is 0.154. The summed E-state index contributed by atoms with van der Waals surface area (Å²) in [5.41, 5.74) is 2.71. The molecule has 140 valence electrons. The van der Waals surface area contributed by atoms with Gasteiger partial charge in [-0.15, -0.1) is 0 Å². The molecule has 0 radical (unpaired) electrons. The van der Waals surface area contributed by atoms with Crippen molar-refractivity contribution in [1.82, 2.24) is 10.6 Å². The van der Waals surface area contributed by atoms with Crippen molar-refractivity contribution >= 4 is 11.6 Å². The van der Waals surface area contributed by atoms with Gasteiger partial charge in [0.1, 0.15) is 0 Å². The van der Waals surface area contributed by atoms with Crippen LogP contribution in [0.2, 0.25) is 0 Å². The number of guanidine groups is 1. The van der Waals surface area contributed by atoms with Gasteiger partial charge in [-0.3, -0.25) is 4.99 Å². The topological polar surface area (TPSA) is 48.9 Å². The Morgan fingerprint density at radius 3 is 2.88 bits per heavy atom. The number of anilines is 1. The molecule has 2 aliphatic heterocycles. The molecular weight excluding hydrogens is 324 g/mol. The van der Waals surface area contributed by atoms with Gasteiger partial charge in [-0.2, -0.15) is 0 Å². The highest BCUT2D eigenvalue weighted by Crippen LogP contribution is 2.52. The number of ether oxygens (including phenoxy) is 1. The highest BCUT2D eigenvalue weighted by molar-refractivity contribution is 5.80. The van der Waals surface area contributed by atoms with Gasteiger partial charge in [-0.25, -0.2) is 0 Å². The van der Waals surface area contributed by atoms with Gasteiger partial charge in [-0.05, 0) is 24.1 Å². The molecule has 4 rings (SSSR count). The molecule has 0 amide bonds. The fourth-order valence-corrected chi connectivity index (χ4v) is 4.70. The molecule has 5 heteroatoms. The quantitative estimate of drug-likeness (QED) is 0.496. The van der Waals surface area contributed by atoms with Crippen molar-refractivity contribution in [2.75, 3.05) is 31.6 Å². The Kier molecular flexibility index (Phi) is 4.65. The number of rotatable bonds is 4. The van der Waals surface area contributed by atoms with Crippen LogP contribution in [0.4, 0.5) is 5.69 Å². The molecule has 3 atom stereocenters. The van der Waals surface area contributed by atoms with Crippen LogP contribution in [-0.4, -0.2) is 44.8 Å². The Hall–Kier alpha value is -2.01. The minimum absolute atomic E-state index is 0.154. The number of nitrogens with one attached hydrogen (secondary N) is 2. The van der Waals surface area contributed by atoms with Crippen molar-refractivity contribution < 1.29 is 4.74 Å². The molecule has 26 heavy (non-hydrogen) atoms. The van der Waals surface area contributed by atoms with Gasteiger partial charge in [0.2, 0.25) is 0 Å². The third-order valence-corrected chi connectivity index (χ3v) is 6.17. The molecule has 0 aromatic heterocycles. The number of hydrogen-bond acceptors (Lipinski definition) is 3. The van der Waals surface area contributed by atoms with E-state index in [0.29, 0.717) is 18.1 Å². The van der Waals surface area contributed by atoms with E-state index in [4.69, 9.17) is 4.74 Å². The van der Waals surface area contributed by atoms with Gasteiger partial charge < -0.3 is 20.3 Å². The minimum Gasteiger partial charge on any atom is -0.377 e. The summed E-state index contributed by atoms with van der Waals surface area (Å²) in [4.78, 5) is 6.81. The molecule has 5 nitrogen and oxygen atoms in total. The molecule has 1 saturated carbocycles. The van der Waals surface area contributed by atoms with E-state index in [9.17, 15) is 0 Å². The first kappa shape index (κ1) is 17.4. The van der Waals surface area contributed by atoms with E-state index in [-0.39, 0.29) is 5.41 Å². The Balaban J connectivity index is 1.35.